The first-order valence-electron chi connectivity index (χ1n) is 8.62. The molecule has 1 fully saturated rings. The molecule has 0 unspecified atom stereocenters. The smallest absolute Gasteiger partial charge is 0.244 e. The van der Waals surface area contributed by atoms with Gasteiger partial charge in [0.25, 0.3) is 0 Å². The molecule has 148 valence electrons. The Labute approximate surface area is 163 Å². The van der Waals surface area contributed by atoms with Crippen molar-refractivity contribution in [3.8, 4) is 11.5 Å². The Bertz CT molecular complexity index is 833. The molecule has 0 amide bonds. The summed E-state index contributed by atoms with van der Waals surface area (Å²) in [4.78, 5) is 3.44. The van der Waals surface area contributed by atoms with Crippen molar-refractivity contribution in [1.82, 2.24) is 9.62 Å². The molecule has 1 aromatic heterocycles. The minimum Gasteiger partial charge on any atom is -0.497 e. The van der Waals surface area contributed by atoms with Crippen molar-refractivity contribution in [2.45, 2.75) is 10.9 Å². The van der Waals surface area contributed by atoms with E-state index >= 15 is 0 Å². The zero-order chi connectivity index (χ0) is 19.3. The number of ether oxygens (including phenoxy) is 3. The van der Waals surface area contributed by atoms with Crippen LogP contribution in [0.2, 0.25) is 0 Å². The maximum atomic E-state index is 13.0. The van der Waals surface area contributed by atoms with Gasteiger partial charge in [-0.3, -0.25) is 4.90 Å². The number of methoxy groups -OCH3 is 2. The largest absolute Gasteiger partial charge is 0.497 e. The summed E-state index contributed by atoms with van der Waals surface area (Å²) < 4.78 is 44.5. The fraction of sp³-hybridized carbons (Fsp3) is 0.444. The number of benzene rings is 1. The summed E-state index contributed by atoms with van der Waals surface area (Å²) in [5, 5.41) is 2.00. The van der Waals surface area contributed by atoms with E-state index in [1.165, 1.54) is 20.3 Å². The van der Waals surface area contributed by atoms with Crippen molar-refractivity contribution >= 4 is 21.4 Å². The van der Waals surface area contributed by atoms with Crippen LogP contribution in [0, 0.1) is 0 Å². The summed E-state index contributed by atoms with van der Waals surface area (Å²) in [6.45, 7) is 3.11. The summed E-state index contributed by atoms with van der Waals surface area (Å²) >= 11 is 1.62. The first kappa shape index (κ1) is 20.1. The molecule has 9 heteroatoms. The lowest BCUT2D eigenvalue weighted by molar-refractivity contribution is 0.0179. The minimum atomic E-state index is -3.77. The minimum absolute atomic E-state index is 0.0414. The Morgan fingerprint density at radius 3 is 2.63 bits per heavy atom. The lowest BCUT2D eigenvalue weighted by atomic mass is 10.2. The van der Waals surface area contributed by atoms with Gasteiger partial charge in [-0.2, -0.15) is 0 Å². The molecule has 7 nitrogen and oxygen atoms in total. The molecule has 0 bridgehead atoms. The van der Waals surface area contributed by atoms with E-state index in [0.717, 1.165) is 18.0 Å². The lowest BCUT2D eigenvalue weighted by Gasteiger charge is -2.34. The molecule has 1 aliphatic heterocycles. The molecule has 0 aliphatic carbocycles. The number of thiophene rings is 1. The molecule has 2 aromatic rings. The van der Waals surface area contributed by atoms with E-state index in [1.54, 1.807) is 23.5 Å². The van der Waals surface area contributed by atoms with Crippen LogP contribution >= 0.6 is 11.3 Å². The normalized spacial score (nSPS) is 16.8. The molecular weight excluding hydrogens is 388 g/mol. The fourth-order valence-electron chi connectivity index (χ4n) is 3.04. The van der Waals surface area contributed by atoms with E-state index in [9.17, 15) is 8.42 Å². The van der Waals surface area contributed by atoms with Crippen LogP contribution in [-0.4, -0.2) is 60.4 Å². The second kappa shape index (κ2) is 9.03. The number of hydrogen-bond acceptors (Lipinski definition) is 7. The average Bonchev–Trinajstić information content (AvgIpc) is 3.23. The van der Waals surface area contributed by atoms with Crippen LogP contribution in [-0.2, 0) is 14.8 Å². The maximum absolute atomic E-state index is 13.0. The zero-order valence-corrected chi connectivity index (χ0v) is 17.0. The van der Waals surface area contributed by atoms with Crippen LogP contribution in [0.15, 0.2) is 40.6 Å². The van der Waals surface area contributed by atoms with Gasteiger partial charge in [0.15, 0.2) is 0 Å². The van der Waals surface area contributed by atoms with Crippen LogP contribution in [0.5, 0.6) is 11.5 Å². The van der Waals surface area contributed by atoms with Crippen LogP contribution < -0.4 is 14.2 Å². The third-order valence-corrected chi connectivity index (χ3v) is 6.90. The third-order valence-electron chi connectivity index (χ3n) is 4.49. The molecule has 1 saturated heterocycles. The molecule has 0 saturated carbocycles. The maximum Gasteiger partial charge on any atom is 0.244 e. The highest BCUT2D eigenvalue weighted by Crippen LogP contribution is 2.30. The quantitative estimate of drug-likeness (QED) is 0.716. The standard InChI is InChI=1S/C18H24N2O5S2/c1-23-14-5-6-16(24-2)18(12-14)27(21,22)19-13-15(17-4-3-11-26-17)20-7-9-25-10-8-20/h3-6,11-12,15,19H,7-10,13H2,1-2H3/t15-/m0/s1. The van der Waals surface area contributed by atoms with Gasteiger partial charge in [-0.1, -0.05) is 6.07 Å². The highest BCUT2D eigenvalue weighted by molar-refractivity contribution is 7.89. The Balaban J connectivity index is 1.82. The van der Waals surface area contributed by atoms with E-state index in [1.807, 2.05) is 17.5 Å². The first-order valence-corrected chi connectivity index (χ1v) is 11.0. The average molecular weight is 413 g/mol. The number of rotatable bonds is 8. The number of nitrogens with one attached hydrogen (secondary N) is 1. The van der Waals surface area contributed by atoms with Crippen LogP contribution in [0.4, 0.5) is 0 Å². The zero-order valence-electron chi connectivity index (χ0n) is 15.4. The van der Waals surface area contributed by atoms with Gasteiger partial charge in [0.2, 0.25) is 10.0 Å². The van der Waals surface area contributed by atoms with Crippen LogP contribution in [0.25, 0.3) is 0 Å². The molecule has 0 spiro atoms. The van der Waals surface area contributed by atoms with Crippen molar-refractivity contribution < 1.29 is 22.6 Å². The first-order chi connectivity index (χ1) is 13.0. The Kier molecular flexibility index (Phi) is 6.72. The predicted molar refractivity (Wildman–Crippen MR) is 104 cm³/mol. The molecule has 27 heavy (non-hydrogen) atoms. The number of sulfonamides is 1. The number of morpholine rings is 1. The van der Waals surface area contributed by atoms with E-state index in [0.29, 0.717) is 19.0 Å². The number of hydrogen-bond donors (Lipinski definition) is 1. The van der Waals surface area contributed by atoms with Gasteiger partial charge >= 0.3 is 0 Å². The lowest BCUT2D eigenvalue weighted by Crippen LogP contribution is -2.43. The van der Waals surface area contributed by atoms with Gasteiger partial charge in [0.1, 0.15) is 16.4 Å². The second-order valence-electron chi connectivity index (χ2n) is 6.05. The Hall–Kier alpha value is -1.65. The molecule has 3 rings (SSSR count). The summed E-state index contributed by atoms with van der Waals surface area (Å²) in [5.74, 6) is 0.738. The predicted octanol–water partition coefficient (Wildman–Crippen LogP) is 2.12. The molecule has 1 aromatic carbocycles. The van der Waals surface area contributed by atoms with Gasteiger partial charge < -0.3 is 14.2 Å². The van der Waals surface area contributed by atoms with Crippen molar-refractivity contribution in [2.75, 3.05) is 47.1 Å². The van der Waals surface area contributed by atoms with Gasteiger partial charge in [-0.15, -0.1) is 11.3 Å². The highest BCUT2D eigenvalue weighted by Gasteiger charge is 2.27. The summed E-state index contributed by atoms with van der Waals surface area (Å²) in [7, 11) is -0.824. The van der Waals surface area contributed by atoms with Gasteiger partial charge in [0.05, 0.1) is 33.5 Å². The Morgan fingerprint density at radius 2 is 2.00 bits per heavy atom. The highest BCUT2D eigenvalue weighted by atomic mass is 32.2. The topological polar surface area (TPSA) is 77.1 Å². The van der Waals surface area contributed by atoms with Crippen molar-refractivity contribution in [3.63, 3.8) is 0 Å². The monoisotopic (exact) mass is 412 g/mol. The SMILES string of the molecule is COc1ccc(OC)c(S(=O)(=O)NC[C@@H](c2cccs2)N2CCOCC2)c1. The van der Waals surface area contributed by atoms with E-state index in [-0.39, 0.29) is 23.2 Å². The van der Waals surface area contributed by atoms with E-state index in [4.69, 9.17) is 14.2 Å². The van der Waals surface area contributed by atoms with E-state index in [2.05, 4.69) is 9.62 Å². The molecular formula is C18H24N2O5S2. The molecule has 1 N–H and O–H groups in total. The molecule has 1 atom stereocenters. The number of nitrogens with zero attached hydrogens (tertiary/aromatic N) is 1. The van der Waals surface area contributed by atoms with Gasteiger partial charge in [0, 0.05) is 30.6 Å². The summed E-state index contributed by atoms with van der Waals surface area (Å²) in [6.07, 6.45) is 0. The second-order valence-corrected chi connectivity index (χ2v) is 8.76. The van der Waals surface area contributed by atoms with Crippen molar-refractivity contribution in [3.05, 3.63) is 40.6 Å². The molecule has 1 aliphatic rings. The molecule has 2 heterocycles. The summed E-state index contributed by atoms with van der Waals surface area (Å²) in [5.41, 5.74) is 0. The van der Waals surface area contributed by atoms with Crippen LogP contribution in [0.3, 0.4) is 0 Å². The molecule has 0 radical (unpaired) electrons. The fourth-order valence-corrected chi connectivity index (χ4v) is 5.12. The Morgan fingerprint density at radius 1 is 1.22 bits per heavy atom. The van der Waals surface area contributed by atoms with Crippen LogP contribution in [0.1, 0.15) is 10.9 Å². The third kappa shape index (κ3) is 4.80. The van der Waals surface area contributed by atoms with Crippen molar-refractivity contribution in [1.29, 1.82) is 0 Å². The summed E-state index contributed by atoms with van der Waals surface area (Å²) in [6, 6.07) is 8.70. The van der Waals surface area contributed by atoms with Crippen molar-refractivity contribution in [2.24, 2.45) is 0 Å². The van der Waals surface area contributed by atoms with E-state index < -0.39 is 10.0 Å². The van der Waals surface area contributed by atoms with Gasteiger partial charge in [-0.25, -0.2) is 13.1 Å². The van der Waals surface area contributed by atoms with Gasteiger partial charge in [-0.05, 0) is 23.6 Å².